The van der Waals surface area contributed by atoms with E-state index in [-0.39, 0.29) is 17.4 Å². The summed E-state index contributed by atoms with van der Waals surface area (Å²) < 4.78 is 1.42. The largest absolute Gasteiger partial charge is 0.306 e. The molecule has 25 heavy (non-hydrogen) atoms. The van der Waals surface area contributed by atoms with Gasteiger partial charge in [0.2, 0.25) is 5.95 Å². The van der Waals surface area contributed by atoms with Crippen LogP contribution in [0.15, 0.2) is 35.4 Å². The van der Waals surface area contributed by atoms with Gasteiger partial charge in [-0.1, -0.05) is 6.92 Å². The van der Waals surface area contributed by atoms with Crippen LogP contribution in [0.4, 0.5) is 5.82 Å². The van der Waals surface area contributed by atoms with E-state index in [4.69, 9.17) is 0 Å². The van der Waals surface area contributed by atoms with Crippen molar-refractivity contribution in [2.45, 2.75) is 27.2 Å². The van der Waals surface area contributed by atoms with Gasteiger partial charge in [0.05, 0.1) is 5.69 Å². The Labute approximate surface area is 144 Å². The van der Waals surface area contributed by atoms with Crippen molar-refractivity contribution in [3.05, 3.63) is 63.5 Å². The number of anilines is 1. The third kappa shape index (κ3) is 3.32. The zero-order valence-electron chi connectivity index (χ0n) is 14.2. The molecule has 0 unspecified atom stereocenters. The van der Waals surface area contributed by atoms with E-state index in [0.29, 0.717) is 34.8 Å². The summed E-state index contributed by atoms with van der Waals surface area (Å²) in [4.78, 5) is 35.6. The molecular weight excluding hydrogens is 320 g/mol. The fraction of sp³-hybridized carbons (Fsp3) is 0.235. The fourth-order valence-electron chi connectivity index (χ4n) is 2.55. The van der Waals surface area contributed by atoms with Crippen LogP contribution in [0.1, 0.15) is 34.2 Å². The van der Waals surface area contributed by atoms with E-state index in [1.54, 1.807) is 44.4 Å². The molecule has 0 aliphatic heterocycles. The van der Waals surface area contributed by atoms with E-state index in [2.05, 4.69) is 25.4 Å². The van der Waals surface area contributed by atoms with Gasteiger partial charge < -0.3 is 5.32 Å². The summed E-state index contributed by atoms with van der Waals surface area (Å²) in [5.41, 5.74) is 2.23. The van der Waals surface area contributed by atoms with E-state index in [1.807, 2.05) is 6.92 Å². The molecule has 3 rings (SSSR count). The minimum Gasteiger partial charge on any atom is -0.306 e. The molecule has 1 amide bonds. The van der Waals surface area contributed by atoms with E-state index in [0.717, 1.165) is 0 Å². The molecule has 0 bridgehead atoms. The molecule has 2 N–H and O–H groups in total. The van der Waals surface area contributed by atoms with Gasteiger partial charge in [-0.25, -0.2) is 4.98 Å². The van der Waals surface area contributed by atoms with Crippen molar-refractivity contribution in [3.8, 4) is 5.95 Å². The van der Waals surface area contributed by atoms with Crippen LogP contribution in [0.5, 0.6) is 0 Å². The second-order valence-corrected chi connectivity index (χ2v) is 5.58. The van der Waals surface area contributed by atoms with Crippen molar-refractivity contribution in [1.29, 1.82) is 0 Å². The summed E-state index contributed by atoms with van der Waals surface area (Å²) in [5, 5.41) is 7.11. The number of hydrogen-bond donors (Lipinski definition) is 2. The first-order valence-corrected chi connectivity index (χ1v) is 7.87. The van der Waals surface area contributed by atoms with Gasteiger partial charge in [-0.05, 0) is 32.4 Å². The topological polar surface area (TPSA) is 106 Å². The first-order valence-electron chi connectivity index (χ1n) is 7.87. The van der Waals surface area contributed by atoms with Crippen molar-refractivity contribution in [2.24, 2.45) is 0 Å². The summed E-state index contributed by atoms with van der Waals surface area (Å²) in [7, 11) is 0. The number of carbonyl (C=O) groups excluding carboxylic acids is 1. The normalized spacial score (nSPS) is 10.7. The van der Waals surface area contributed by atoms with Crippen molar-refractivity contribution in [2.75, 3.05) is 5.32 Å². The molecule has 0 aliphatic carbocycles. The second kappa shape index (κ2) is 6.68. The third-order valence-electron chi connectivity index (χ3n) is 3.78. The highest BCUT2D eigenvalue weighted by molar-refractivity contribution is 6.03. The van der Waals surface area contributed by atoms with Crippen molar-refractivity contribution in [3.63, 3.8) is 0 Å². The maximum Gasteiger partial charge on any atom is 0.256 e. The Balaban J connectivity index is 2.00. The lowest BCUT2D eigenvalue weighted by Crippen LogP contribution is -2.22. The Morgan fingerprint density at radius 3 is 2.64 bits per heavy atom. The standard InChI is InChI=1S/C17H18N6O2/c1-4-13-11(3)19-17(21-16(13)25)23-14(9-10(2)22-23)20-15(24)12-5-7-18-8-6-12/h5-9H,4H2,1-3H3,(H,20,24)(H,19,21,25). The lowest BCUT2D eigenvalue weighted by Gasteiger charge is -2.10. The van der Waals surface area contributed by atoms with Gasteiger partial charge in [-0.15, -0.1) is 0 Å². The van der Waals surface area contributed by atoms with Gasteiger partial charge in [0, 0.05) is 35.3 Å². The molecule has 3 heterocycles. The fourth-order valence-corrected chi connectivity index (χ4v) is 2.55. The Hall–Kier alpha value is -3.29. The number of aryl methyl sites for hydroxylation is 2. The SMILES string of the molecule is CCc1c(C)nc(-n2nc(C)cc2NC(=O)c2ccncc2)[nH]c1=O. The van der Waals surface area contributed by atoms with Crippen LogP contribution in [-0.2, 0) is 6.42 Å². The quantitative estimate of drug-likeness (QED) is 0.754. The Morgan fingerprint density at radius 1 is 1.28 bits per heavy atom. The number of nitrogens with zero attached hydrogens (tertiary/aromatic N) is 4. The molecule has 0 aromatic carbocycles. The summed E-state index contributed by atoms with van der Waals surface area (Å²) in [6.07, 6.45) is 3.69. The number of H-pyrrole nitrogens is 1. The molecule has 0 radical (unpaired) electrons. The number of rotatable bonds is 4. The molecule has 0 spiro atoms. The maximum atomic E-state index is 12.4. The molecule has 0 atom stereocenters. The van der Waals surface area contributed by atoms with Gasteiger partial charge in [-0.2, -0.15) is 9.78 Å². The van der Waals surface area contributed by atoms with Crippen LogP contribution in [0.2, 0.25) is 0 Å². The van der Waals surface area contributed by atoms with Gasteiger partial charge in [0.15, 0.2) is 0 Å². The number of carbonyl (C=O) groups is 1. The van der Waals surface area contributed by atoms with Crippen molar-refractivity contribution in [1.82, 2.24) is 24.7 Å². The first kappa shape index (κ1) is 16.6. The molecule has 0 saturated heterocycles. The smallest absolute Gasteiger partial charge is 0.256 e. The zero-order valence-corrected chi connectivity index (χ0v) is 14.2. The van der Waals surface area contributed by atoms with Gasteiger partial charge >= 0.3 is 0 Å². The number of aromatic nitrogens is 5. The predicted octanol–water partition coefficient (Wildman–Crippen LogP) is 1.78. The monoisotopic (exact) mass is 338 g/mol. The minimum atomic E-state index is -0.298. The molecule has 8 nitrogen and oxygen atoms in total. The third-order valence-corrected chi connectivity index (χ3v) is 3.78. The van der Waals surface area contributed by atoms with Crippen LogP contribution >= 0.6 is 0 Å². The maximum absolute atomic E-state index is 12.4. The highest BCUT2D eigenvalue weighted by atomic mass is 16.1. The number of hydrogen-bond acceptors (Lipinski definition) is 5. The minimum absolute atomic E-state index is 0.204. The van der Waals surface area contributed by atoms with Crippen LogP contribution in [-0.4, -0.2) is 30.6 Å². The first-order chi connectivity index (χ1) is 12.0. The number of nitrogens with one attached hydrogen (secondary N) is 2. The van der Waals surface area contributed by atoms with E-state index in [1.165, 1.54) is 4.68 Å². The predicted molar refractivity (Wildman–Crippen MR) is 93.0 cm³/mol. The number of aromatic amines is 1. The summed E-state index contributed by atoms with van der Waals surface area (Å²) in [6, 6.07) is 4.94. The van der Waals surface area contributed by atoms with E-state index >= 15 is 0 Å². The highest BCUT2D eigenvalue weighted by Crippen LogP contribution is 2.15. The molecule has 0 saturated carbocycles. The van der Waals surface area contributed by atoms with E-state index < -0.39 is 0 Å². The van der Waals surface area contributed by atoms with Crippen LogP contribution in [0.3, 0.4) is 0 Å². The molecule has 128 valence electrons. The molecule has 0 aliphatic rings. The molecule has 3 aromatic heterocycles. The number of amides is 1. The van der Waals surface area contributed by atoms with Gasteiger partial charge in [0.1, 0.15) is 5.82 Å². The lowest BCUT2D eigenvalue weighted by atomic mass is 10.2. The second-order valence-electron chi connectivity index (χ2n) is 5.58. The Kier molecular flexibility index (Phi) is 4.42. The molecular formula is C17H18N6O2. The van der Waals surface area contributed by atoms with E-state index in [9.17, 15) is 9.59 Å². The summed E-state index contributed by atoms with van der Waals surface area (Å²) >= 11 is 0. The van der Waals surface area contributed by atoms with Gasteiger partial charge in [-0.3, -0.25) is 19.6 Å². The zero-order chi connectivity index (χ0) is 18.0. The van der Waals surface area contributed by atoms with Crippen LogP contribution in [0, 0.1) is 13.8 Å². The Bertz CT molecular complexity index is 975. The average molecular weight is 338 g/mol. The highest BCUT2D eigenvalue weighted by Gasteiger charge is 2.15. The van der Waals surface area contributed by atoms with Gasteiger partial charge in [0.25, 0.3) is 11.5 Å². The Morgan fingerprint density at radius 2 is 2.00 bits per heavy atom. The summed E-state index contributed by atoms with van der Waals surface area (Å²) in [6.45, 7) is 5.48. The van der Waals surface area contributed by atoms with Crippen LogP contribution in [0.25, 0.3) is 5.95 Å². The summed E-state index contributed by atoms with van der Waals surface area (Å²) in [5.74, 6) is 0.386. The molecule has 0 fully saturated rings. The van der Waals surface area contributed by atoms with Crippen molar-refractivity contribution < 1.29 is 4.79 Å². The average Bonchev–Trinajstić information content (AvgIpc) is 2.95. The number of pyridine rings is 1. The van der Waals surface area contributed by atoms with Crippen molar-refractivity contribution >= 4 is 11.7 Å². The molecule has 3 aromatic rings. The van der Waals surface area contributed by atoms with Crippen LogP contribution < -0.4 is 10.9 Å². The lowest BCUT2D eigenvalue weighted by molar-refractivity contribution is 0.102. The molecule has 8 heteroatoms.